The zero-order chi connectivity index (χ0) is 64.7. The standard InChI is InChI=1S/C16H14.C14H14.3C12H12.C8H10.2C7H9N/c1-11-3-7-15-13(9-11)5-6-14-10-12(2)4-8-16(14)15;1-11-3-7-13(8-4-11)14-9-5-12(2)6-10-14;1-9-3-5-12-8-10(2)4-6-11(12)7-9;1-9-5-3-8-12-10(2)6-4-7-11(9)12;1-9-7-8-10(2)12-6-4-3-5-11(9)12;1-7-3-5-8(2)6-4-7;2*1-6-3-4-7(2)8-5-6/h3-10H,1-2H3;3-10H,1-2H3;3*3-8H,1-2H3;3-6H,1-2H3;2*3-5H,1-2H3. The van der Waals surface area contributed by atoms with Crippen molar-refractivity contribution in [2.45, 2.75) is 111 Å². The Balaban J connectivity index is 0.000000148. The van der Waals surface area contributed by atoms with E-state index in [-0.39, 0.29) is 0 Å². The van der Waals surface area contributed by atoms with Crippen LogP contribution in [0.5, 0.6) is 0 Å². The Morgan fingerprint density at radius 3 is 0.744 bits per heavy atom. The van der Waals surface area contributed by atoms with Crippen LogP contribution < -0.4 is 0 Å². The zero-order valence-electron chi connectivity index (χ0n) is 56.3. The fourth-order valence-electron chi connectivity index (χ4n) is 10.2. The normalized spacial score (nSPS) is 10.2. The maximum absolute atomic E-state index is 4.08. The minimum Gasteiger partial charge on any atom is -0.261 e. The molecule has 14 rings (SSSR count). The van der Waals surface area contributed by atoms with E-state index in [1.807, 2.05) is 52.2 Å². The Morgan fingerprint density at radius 1 is 0.178 bits per heavy atom. The third-order valence-corrected chi connectivity index (χ3v) is 15.8. The molecule has 2 heterocycles. The van der Waals surface area contributed by atoms with Crippen LogP contribution in [0.4, 0.5) is 0 Å². The van der Waals surface area contributed by atoms with Crippen LogP contribution >= 0.6 is 0 Å². The van der Waals surface area contributed by atoms with E-state index in [4.69, 9.17) is 0 Å². The van der Waals surface area contributed by atoms with Crippen LogP contribution in [0.25, 0.3) is 65.0 Å². The molecule has 0 atom stereocenters. The number of rotatable bonds is 1. The molecule has 2 heteroatoms. The van der Waals surface area contributed by atoms with Gasteiger partial charge in [0.1, 0.15) is 0 Å². The van der Waals surface area contributed by atoms with Gasteiger partial charge in [-0.05, 0) is 221 Å². The summed E-state index contributed by atoms with van der Waals surface area (Å²) in [6.45, 7) is 33.6. The molecule has 0 saturated carbocycles. The maximum Gasteiger partial charge on any atom is 0.0372 e. The Bertz CT molecular complexity index is 4100. The van der Waals surface area contributed by atoms with Crippen molar-refractivity contribution in [1.29, 1.82) is 0 Å². The third-order valence-electron chi connectivity index (χ3n) is 15.8. The van der Waals surface area contributed by atoms with Crippen LogP contribution in [0.2, 0.25) is 0 Å². The van der Waals surface area contributed by atoms with E-state index < -0.39 is 0 Å². The van der Waals surface area contributed by atoms with E-state index in [2.05, 4.69) is 336 Å². The molecule has 14 aromatic rings. The highest BCUT2D eigenvalue weighted by atomic mass is 14.7. The molecular weight excluding hydrogens is 1080 g/mol. The van der Waals surface area contributed by atoms with Crippen LogP contribution in [0, 0.1) is 111 Å². The number of aromatic nitrogens is 2. The average molecular weight is 1180 g/mol. The number of fused-ring (bicyclic) bond motifs is 6. The van der Waals surface area contributed by atoms with Crippen molar-refractivity contribution < 1.29 is 0 Å². The zero-order valence-corrected chi connectivity index (χ0v) is 56.3. The monoisotopic (exact) mass is 1180 g/mol. The van der Waals surface area contributed by atoms with Gasteiger partial charge in [0.25, 0.3) is 0 Å². The SMILES string of the molecule is Cc1ccc(-c2ccc(C)cc2)cc1.Cc1ccc(C)c2ccccc12.Cc1ccc(C)cc1.Cc1ccc(C)nc1.Cc1ccc(C)nc1.Cc1ccc2c(ccc3cc(C)ccc32)c1.Cc1ccc2cc(C)ccc2c1.Cc1cccc2c(C)cccc12. The van der Waals surface area contributed by atoms with Gasteiger partial charge in [0, 0.05) is 23.8 Å². The highest BCUT2D eigenvalue weighted by Crippen LogP contribution is 2.28. The molecule has 0 amide bonds. The quantitative estimate of drug-likeness (QED) is 0.153. The Hall–Kier alpha value is -9.76. The van der Waals surface area contributed by atoms with Crippen molar-refractivity contribution in [3.8, 4) is 11.1 Å². The number of hydrogen-bond donors (Lipinski definition) is 0. The second kappa shape index (κ2) is 33.6. The predicted octanol–water partition coefficient (Wildman–Crippen LogP) is 24.7. The average Bonchev–Trinajstić information content (AvgIpc) is 0.955. The fraction of sp³-hybridized carbons (Fsp3) is 0.182. The molecule has 0 aliphatic rings. The van der Waals surface area contributed by atoms with E-state index in [1.165, 1.54) is 143 Å². The Morgan fingerprint density at radius 2 is 0.433 bits per heavy atom. The first kappa shape index (κ1) is 67.7. The minimum absolute atomic E-state index is 1.08. The summed E-state index contributed by atoms with van der Waals surface area (Å²) < 4.78 is 0. The van der Waals surface area contributed by atoms with Crippen molar-refractivity contribution >= 4 is 53.9 Å². The summed E-state index contributed by atoms with van der Waals surface area (Å²) in [4.78, 5) is 8.16. The van der Waals surface area contributed by atoms with Gasteiger partial charge in [0.15, 0.2) is 0 Å². The lowest BCUT2D eigenvalue weighted by molar-refractivity contribution is 1.17. The van der Waals surface area contributed by atoms with E-state index in [0.717, 1.165) is 11.4 Å². The van der Waals surface area contributed by atoms with Crippen LogP contribution in [0.3, 0.4) is 0 Å². The second-order valence-corrected chi connectivity index (χ2v) is 24.2. The molecule has 454 valence electrons. The van der Waals surface area contributed by atoms with Gasteiger partial charge in [-0.2, -0.15) is 0 Å². The fourth-order valence-corrected chi connectivity index (χ4v) is 10.2. The largest absolute Gasteiger partial charge is 0.261 e. The van der Waals surface area contributed by atoms with Crippen LogP contribution in [-0.2, 0) is 0 Å². The van der Waals surface area contributed by atoms with Crippen molar-refractivity contribution in [2.75, 3.05) is 0 Å². The number of benzene rings is 12. The molecule has 0 N–H and O–H groups in total. The third kappa shape index (κ3) is 21.0. The lowest BCUT2D eigenvalue weighted by Crippen LogP contribution is -1.80. The van der Waals surface area contributed by atoms with Gasteiger partial charge in [-0.25, -0.2) is 0 Å². The van der Waals surface area contributed by atoms with Gasteiger partial charge < -0.3 is 0 Å². The van der Waals surface area contributed by atoms with Crippen molar-refractivity contribution in [2.24, 2.45) is 0 Å². The van der Waals surface area contributed by atoms with Crippen LogP contribution in [0.1, 0.15) is 89.3 Å². The lowest BCUT2D eigenvalue weighted by atomic mass is 9.99. The molecule has 0 spiro atoms. The molecule has 0 fully saturated rings. The number of hydrogen-bond acceptors (Lipinski definition) is 2. The molecule has 0 radical (unpaired) electrons. The Kier molecular flexibility index (Phi) is 25.3. The number of aryl methyl sites for hydroxylation is 16. The number of pyridine rings is 2. The summed E-state index contributed by atoms with van der Waals surface area (Å²) in [6, 6.07) is 90.5. The van der Waals surface area contributed by atoms with E-state index >= 15 is 0 Å². The van der Waals surface area contributed by atoms with Crippen LogP contribution in [0.15, 0.2) is 267 Å². The first-order valence-electron chi connectivity index (χ1n) is 31.4. The topological polar surface area (TPSA) is 25.8 Å². The summed E-state index contributed by atoms with van der Waals surface area (Å²) in [7, 11) is 0. The smallest absolute Gasteiger partial charge is 0.0372 e. The first-order valence-corrected chi connectivity index (χ1v) is 31.4. The maximum atomic E-state index is 4.08. The van der Waals surface area contributed by atoms with Gasteiger partial charge >= 0.3 is 0 Å². The summed E-state index contributed by atoms with van der Waals surface area (Å²) in [5, 5.41) is 13.5. The van der Waals surface area contributed by atoms with Gasteiger partial charge in [-0.1, -0.05) is 287 Å². The van der Waals surface area contributed by atoms with Crippen molar-refractivity contribution in [1.82, 2.24) is 9.97 Å². The minimum atomic E-state index is 1.08. The van der Waals surface area contributed by atoms with E-state index in [1.54, 1.807) is 0 Å². The van der Waals surface area contributed by atoms with Gasteiger partial charge in [0.2, 0.25) is 0 Å². The molecule has 0 aliphatic carbocycles. The summed E-state index contributed by atoms with van der Waals surface area (Å²) in [5.74, 6) is 0. The first-order chi connectivity index (χ1) is 43.2. The molecule has 0 aliphatic heterocycles. The van der Waals surface area contributed by atoms with E-state index in [9.17, 15) is 0 Å². The highest BCUT2D eigenvalue weighted by molar-refractivity contribution is 6.07. The molecule has 0 saturated heterocycles. The van der Waals surface area contributed by atoms with Gasteiger partial charge in [-0.3, -0.25) is 9.97 Å². The summed E-state index contributed by atoms with van der Waals surface area (Å²) in [5.41, 5.74) is 23.2. The summed E-state index contributed by atoms with van der Waals surface area (Å²) in [6.07, 6.45) is 3.74. The molecular formula is C88H92N2. The molecule has 12 aromatic carbocycles. The number of nitrogens with zero attached hydrogens (tertiary/aromatic N) is 2. The molecule has 0 bridgehead atoms. The molecule has 90 heavy (non-hydrogen) atoms. The van der Waals surface area contributed by atoms with E-state index in [0.29, 0.717) is 0 Å². The highest BCUT2D eigenvalue weighted by Gasteiger charge is 2.02. The van der Waals surface area contributed by atoms with Crippen molar-refractivity contribution in [3.63, 3.8) is 0 Å². The van der Waals surface area contributed by atoms with Gasteiger partial charge in [-0.15, -0.1) is 0 Å². The van der Waals surface area contributed by atoms with Gasteiger partial charge in [0.05, 0.1) is 0 Å². The second-order valence-electron chi connectivity index (χ2n) is 24.2. The van der Waals surface area contributed by atoms with Crippen molar-refractivity contribution in [3.05, 3.63) is 356 Å². The lowest BCUT2D eigenvalue weighted by Gasteiger charge is -2.05. The van der Waals surface area contributed by atoms with Crippen LogP contribution in [-0.4, -0.2) is 9.97 Å². The predicted molar refractivity (Wildman–Crippen MR) is 396 cm³/mol. The summed E-state index contributed by atoms with van der Waals surface area (Å²) >= 11 is 0. The molecule has 2 nitrogen and oxygen atoms in total. The molecule has 0 unspecified atom stereocenters. The Labute approximate surface area is 539 Å². The molecule has 2 aromatic heterocycles.